The van der Waals surface area contributed by atoms with Crippen LogP contribution in [0.2, 0.25) is 0 Å². The Morgan fingerprint density at radius 2 is 1.81 bits per heavy atom. The number of hydrogen-bond donors (Lipinski definition) is 3. The lowest BCUT2D eigenvalue weighted by atomic mass is 9.85. The van der Waals surface area contributed by atoms with Crippen LogP contribution in [0.15, 0.2) is 30.3 Å². The van der Waals surface area contributed by atoms with E-state index in [1.165, 1.54) is 4.90 Å². The van der Waals surface area contributed by atoms with Crippen molar-refractivity contribution in [3.05, 3.63) is 35.9 Å². The summed E-state index contributed by atoms with van der Waals surface area (Å²) in [6.07, 6.45) is 1.82. The Morgan fingerprint density at radius 1 is 1.19 bits per heavy atom. The Hall–Kier alpha value is -2.08. The van der Waals surface area contributed by atoms with Gasteiger partial charge in [0.2, 0.25) is 5.91 Å². The third kappa shape index (κ3) is 3.95. The van der Waals surface area contributed by atoms with Gasteiger partial charge < -0.3 is 10.0 Å². The van der Waals surface area contributed by atoms with E-state index in [0.29, 0.717) is 32.2 Å². The molecule has 2 amide bonds. The van der Waals surface area contributed by atoms with Crippen LogP contribution in [0.25, 0.3) is 0 Å². The normalized spacial score (nSPS) is 21.6. The summed E-state index contributed by atoms with van der Waals surface area (Å²) >= 11 is 0. The molecule has 0 spiro atoms. The van der Waals surface area contributed by atoms with Gasteiger partial charge in [0.1, 0.15) is 0 Å². The average Bonchev–Trinajstić information content (AvgIpc) is 2.53. The smallest absolute Gasteiger partial charge is 0.407 e. The fraction of sp³-hybridized carbons (Fsp3) is 0.467. The lowest BCUT2D eigenvalue weighted by molar-refractivity contribution is -0.126. The van der Waals surface area contributed by atoms with Crippen LogP contribution in [0, 0.1) is 5.92 Å². The molecule has 2 rings (SSSR count). The SMILES string of the molecule is NNC(=O)C1CCC(N(Cc2ccccc2)C(=O)O)CC1. The van der Waals surface area contributed by atoms with Crippen LogP contribution in [0.1, 0.15) is 31.2 Å². The first-order valence-corrected chi connectivity index (χ1v) is 7.15. The number of amides is 2. The zero-order valence-electron chi connectivity index (χ0n) is 11.9. The molecule has 0 bridgehead atoms. The van der Waals surface area contributed by atoms with Gasteiger partial charge in [-0.05, 0) is 31.2 Å². The first kappa shape index (κ1) is 15.3. The van der Waals surface area contributed by atoms with Crippen molar-refractivity contribution in [1.82, 2.24) is 10.3 Å². The van der Waals surface area contributed by atoms with Crippen LogP contribution in [-0.2, 0) is 11.3 Å². The fourth-order valence-electron chi connectivity index (χ4n) is 2.90. The Kier molecular flexibility index (Phi) is 5.16. The Labute approximate surface area is 123 Å². The second-order valence-electron chi connectivity index (χ2n) is 5.41. The lowest BCUT2D eigenvalue weighted by Gasteiger charge is -2.34. The predicted octanol–water partition coefficient (Wildman–Crippen LogP) is 1.72. The van der Waals surface area contributed by atoms with Gasteiger partial charge in [-0.3, -0.25) is 10.2 Å². The van der Waals surface area contributed by atoms with Crippen LogP contribution in [0.4, 0.5) is 4.79 Å². The van der Waals surface area contributed by atoms with E-state index in [1.807, 2.05) is 30.3 Å². The largest absolute Gasteiger partial charge is 0.465 e. The number of nitrogens with two attached hydrogens (primary N) is 1. The Balaban J connectivity index is 1.97. The zero-order chi connectivity index (χ0) is 15.2. The highest BCUT2D eigenvalue weighted by molar-refractivity contribution is 5.78. The molecule has 0 radical (unpaired) electrons. The summed E-state index contributed by atoms with van der Waals surface area (Å²) in [5, 5.41) is 9.43. The third-order valence-corrected chi connectivity index (χ3v) is 4.09. The van der Waals surface area contributed by atoms with Gasteiger partial charge in [0.15, 0.2) is 0 Å². The lowest BCUT2D eigenvalue weighted by Crippen LogP contribution is -2.44. The number of benzene rings is 1. The van der Waals surface area contributed by atoms with Crippen molar-refractivity contribution >= 4 is 12.0 Å². The number of carboxylic acid groups (broad SMARTS) is 1. The molecule has 1 fully saturated rings. The van der Waals surface area contributed by atoms with Crippen molar-refractivity contribution in [2.75, 3.05) is 0 Å². The number of hydrogen-bond acceptors (Lipinski definition) is 3. The summed E-state index contributed by atoms with van der Waals surface area (Å²) in [4.78, 5) is 24.5. The first-order valence-electron chi connectivity index (χ1n) is 7.15. The maximum Gasteiger partial charge on any atom is 0.407 e. The Bertz CT molecular complexity index is 484. The minimum absolute atomic E-state index is 0.0375. The maximum absolute atomic E-state index is 11.5. The molecule has 1 aliphatic carbocycles. The van der Waals surface area contributed by atoms with Crippen molar-refractivity contribution in [3.8, 4) is 0 Å². The molecule has 4 N–H and O–H groups in total. The third-order valence-electron chi connectivity index (χ3n) is 4.09. The van der Waals surface area contributed by atoms with E-state index in [-0.39, 0.29) is 17.9 Å². The van der Waals surface area contributed by atoms with Crippen molar-refractivity contribution in [3.63, 3.8) is 0 Å². The second kappa shape index (κ2) is 7.08. The molecule has 6 nitrogen and oxygen atoms in total. The average molecular weight is 291 g/mol. The number of rotatable bonds is 4. The van der Waals surface area contributed by atoms with Crippen LogP contribution in [0.3, 0.4) is 0 Å². The summed E-state index contributed by atoms with van der Waals surface area (Å²) in [7, 11) is 0. The molecule has 0 saturated heterocycles. The molecule has 1 aliphatic rings. The molecule has 114 valence electrons. The highest BCUT2D eigenvalue weighted by atomic mass is 16.4. The van der Waals surface area contributed by atoms with Crippen molar-refractivity contribution in [2.45, 2.75) is 38.3 Å². The second-order valence-corrected chi connectivity index (χ2v) is 5.41. The topological polar surface area (TPSA) is 95.7 Å². The van der Waals surface area contributed by atoms with Gasteiger partial charge in [-0.1, -0.05) is 30.3 Å². The standard InChI is InChI=1S/C15H21N3O3/c16-17-14(19)12-6-8-13(9-7-12)18(15(20)21)10-11-4-2-1-3-5-11/h1-5,12-13H,6-10,16H2,(H,17,19)(H,20,21). The Morgan fingerprint density at radius 3 is 2.33 bits per heavy atom. The van der Waals surface area contributed by atoms with Gasteiger partial charge in [0.25, 0.3) is 0 Å². The van der Waals surface area contributed by atoms with Gasteiger partial charge in [-0.25, -0.2) is 10.6 Å². The van der Waals surface area contributed by atoms with Gasteiger partial charge in [0.05, 0.1) is 0 Å². The van der Waals surface area contributed by atoms with E-state index < -0.39 is 6.09 Å². The molecular weight excluding hydrogens is 270 g/mol. The van der Waals surface area contributed by atoms with Crippen molar-refractivity contribution in [1.29, 1.82) is 0 Å². The van der Waals surface area contributed by atoms with E-state index in [4.69, 9.17) is 5.84 Å². The molecule has 1 saturated carbocycles. The summed E-state index contributed by atoms with van der Waals surface area (Å²) < 4.78 is 0. The van der Waals surface area contributed by atoms with Crippen LogP contribution < -0.4 is 11.3 Å². The van der Waals surface area contributed by atoms with Gasteiger partial charge in [0, 0.05) is 18.5 Å². The highest BCUT2D eigenvalue weighted by Crippen LogP contribution is 2.28. The van der Waals surface area contributed by atoms with Crippen molar-refractivity contribution in [2.24, 2.45) is 11.8 Å². The number of hydrazine groups is 1. The molecule has 0 aliphatic heterocycles. The number of carbonyl (C=O) groups is 2. The summed E-state index contributed by atoms with van der Waals surface area (Å²) in [5.41, 5.74) is 3.15. The van der Waals surface area contributed by atoms with E-state index in [2.05, 4.69) is 5.43 Å². The molecule has 0 aromatic heterocycles. The highest BCUT2D eigenvalue weighted by Gasteiger charge is 2.31. The summed E-state index contributed by atoms with van der Waals surface area (Å²) in [6, 6.07) is 9.51. The van der Waals surface area contributed by atoms with E-state index in [9.17, 15) is 14.7 Å². The molecule has 21 heavy (non-hydrogen) atoms. The van der Waals surface area contributed by atoms with Crippen molar-refractivity contribution < 1.29 is 14.7 Å². The maximum atomic E-state index is 11.5. The molecule has 1 aromatic carbocycles. The molecule has 0 unspecified atom stereocenters. The summed E-state index contributed by atoms with van der Waals surface area (Å²) in [5.74, 6) is 4.89. The van der Waals surface area contributed by atoms with E-state index in [0.717, 1.165) is 5.56 Å². The number of nitrogens with one attached hydrogen (secondary N) is 1. The molecule has 0 atom stereocenters. The van der Waals surface area contributed by atoms with E-state index in [1.54, 1.807) is 0 Å². The van der Waals surface area contributed by atoms with Gasteiger partial charge in [-0.15, -0.1) is 0 Å². The van der Waals surface area contributed by atoms with Gasteiger partial charge >= 0.3 is 6.09 Å². The van der Waals surface area contributed by atoms with Gasteiger partial charge in [-0.2, -0.15) is 0 Å². The minimum atomic E-state index is -0.912. The molecule has 1 aromatic rings. The predicted molar refractivity (Wildman–Crippen MR) is 78.1 cm³/mol. The van der Waals surface area contributed by atoms with Crippen LogP contribution >= 0.6 is 0 Å². The van der Waals surface area contributed by atoms with Crippen LogP contribution in [0.5, 0.6) is 0 Å². The quantitative estimate of drug-likeness (QED) is 0.447. The fourth-order valence-corrected chi connectivity index (χ4v) is 2.90. The molecule has 6 heteroatoms. The molecule has 0 heterocycles. The zero-order valence-corrected chi connectivity index (χ0v) is 11.9. The number of nitrogens with zero attached hydrogens (tertiary/aromatic N) is 1. The minimum Gasteiger partial charge on any atom is -0.465 e. The van der Waals surface area contributed by atoms with E-state index >= 15 is 0 Å². The molecular formula is C15H21N3O3. The summed E-state index contributed by atoms with van der Waals surface area (Å²) in [6.45, 7) is 0.384. The number of carbonyl (C=O) groups excluding carboxylic acids is 1. The van der Waals surface area contributed by atoms with Crippen LogP contribution in [-0.4, -0.2) is 28.0 Å². The monoisotopic (exact) mass is 291 g/mol. The first-order chi connectivity index (χ1) is 10.1.